The van der Waals surface area contributed by atoms with Crippen LogP contribution in [0.1, 0.15) is 24.4 Å². The largest absolute Gasteiger partial charge is 0.481 e. The summed E-state index contributed by atoms with van der Waals surface area (Å²) < 4.78 is 18.7. The minimum absolute atomic E-state index is 0.0363. The van der Waals surface area contributed by atoms with E-state index in [2.05, 4.69) is 10.6 Å². The van der Waals surface area contributed by atoms with E-state index in [1.54, 1.807) is 12.1 Å². The monoisotopic (exact) mass is 342 g/mol. The number of rotatable bonds is 5. The fourth-order valence-corrected chi connectivity index (χ4v) is 2.88. The molecule has 0 aliphatic carbocycles. The van der Waals surface area contributed by atoms with E-state index in [-0.39, 0.29) is 36.3 Å². The van der Waals surface area contributed by atoms with Crippen molar-refractivity contribution in [3.63, 3.8) is 0 Å². The summed E-state index contributed by atoms with van der Waals surface area (Å²) >= 11 is 0. The first-order valence-electron chi connectivity index (χ1n) is 8.14. The van der Waals surface area contributed by atoms with Crippen LogP contribution in [0.25, 0.3) is 0 Å². The summed E-state index contributed by atoms with van der Waals surface area (Å²) in [6.07, 6.45) is 0.888. The van der Waals surface area contributed by atoms with E-state index in [4.69, 9.17) is 4.74 Å². The second-order valence-electron chi connectivity index (χ2n) is 5.89. The van der Waals surface area contributed by atoms with Crippen molar-refractivity contribution in [2.24, 2.45) is 0 Å². The van der Waals surface area contributed by atoms with Crippen LogP contribution in [0.4, 0.5) is 4.39 Å². The third-order valence-corrected chi connectivity index (χ3v) is 4.10. The molecule has 6 heteroatoms. The number of halogens is 1. The van der Waals surface area contributed by atoms with Crippen molar-refractivity contribution in [1.82, 2.24) is 10.6 Å². The molecule has 1 heterocycles. The molecule has 2 aromatic rings. The second kappa shape index (κ2) is 7.79. The number of nitrogens with one attached hydrogen (secondary N) is 2. The zero-order valence-electron chi connectivity index (χ0n) is 13.6. The molecule has 3 rings (SSSR count). The minimum Gasteiger partial charge on any atom is -0.481 e. The predicted octanol–water partition coefficient (Wildman–Crippen LogP) is 2.34. The molecule has 2 amide bonds. The van der Waals surface area contributed by atoms with Gasteiger partial charge in [-0.05, 0) is 24.1 Å². The number of carbonyl (C=O) groups excluding carboxylic acids is 2. The average Bonchev–Trinajstić information content (AvgIpc) is 2.63. The van der Waals surface area contributed by atoms with Gasteiger partial charge in [-0.25, -0.2) is 4.39 Å². The summed E-state index contributed by atoms with van der Waals surface area (Å²) in [6, 6.07) is 14.9. The van der Waals surface area contributed by atoms with Crippen molar-refractivity contribution >= 4 is 11.8 Å². The third-order valence-electron chi connectivity index (χ3n) is 4.10. The second-order valence-corrected chi connectivity index (χ2v) is 5.89. The Labute approximate surface area is 145 Å². The summed E-state index contributed by atoms with van der Waals surface area (Å²) in [5.74, 6) is -0.871. The maximum Gasteiger partial charge on any atom is 0.258 e. The van der Waals surface area contributed by atoms with Crippen molar-refractivity contribution in [2.45, 2.75) is 24.9 Å². The lowest BCUT2D eigenvalue weighted by molar-refractivity contribution is -0.128. The Hall–Kier alpha value is -2.89. The predicted molar refractivity (Wildman–Crippen MR) is 90.4 cm³/mol. The van der Waals surface area contributed by atoms with Crippen molar-refractivity contribution in [3.8, 4) is 5.75 Å². The molecule has 0 radical (unpaired) electrons. The van der Waals surface area contributed by atoms with Crippen LogP contribution in [0.3, 0.4) is 0 Å². The molecule has 0 unspecified atom stereocenters. The van der Waals surface area contributed by atoms with Gasteiger partial charge in [-0.15, -0.1) is 0 Å². The Morgan fingerprint density at radius 3 is 2.64 bits per heavy atom. The van der Waals surface area contributed by atoms with Crippen LogP contribution in [0.15, 0.2) is 54.6 Å². The fraction of sp³-hybridized carbons (Fsp3) is 0.263. The van der Waals surface area contributed by atoms with Gasteiger partial charge >= 0.3 is 0 Å². The molecule has 1 aliphatic rings. The molecule has 0 spiro atoms. The Morgan fingerprint density at radius 1 is 1.16 bits per heavy atom. The molecule has 2 aromatic carbocycles. The van der Waals surface area contributed by atoms with Crippen molar-refractivity contribution in [1.29, 1.82) is 0 Å². The van der Waals surface area contributed by atoms with Crippen LogP contribution >= 0.6 is 0 Å². The van der Waals surface area contributed by atoms with Gasteiger partial charge in [0.1, 0.15) is 0 Å². The van der Waals surface area contributed by atoms with Crippen molar-refractivity contribution in [2.75, 3.05) is 6.61 Å². The van der Waals surface area contributed by atoms with Gasteiger partial charge in [-0.3, -0.25) is 9.59 Å². The fourth-order valence-electron chi connectivity index (χ4n) is 2.88. The Bertz CT molecular complexity index is 751. The summed E-state index contributed by atoms with van der Waals surface area (Å²) in [7, 11) is 0. The number of para-hydroxylation sites is 1. The number of hydrogen-bond acceptors (Lipinski definition) is 3. The number of benzene rings is 2. The van der Waals surface area contributed by atoms with Crippen LogP contribution in [-0.2, 0) is 9.59 Å². The van der Waals surface area contributed by atoms with E-state index in [1.165, 1.54) is 12.1 Å². The number of ether oxygens (including phenoxy) is 1. The van der Waals surface area contributed by atoms with Gasteiger partial charge in [0.15, 0.2) is 18.2 Å². The third kappa shape index (κ3) is 4.35. The molecular weight excluding hydrogens is 323 g/mol. The maximum atomic E-state index is 13.5. The molecule has 1 aliphatic heterocycles. The minimum atomic E-state index is -0.512. The van der Waals surface area contributed by atoms with Crippen molar-refractivity contribution in [3.05, 3.63) is 66.0 Å². The molecule has 1 saturated heterocycles. The van der Waals surface area contributed by atoms with Crippen LogP contribution in [0.5, 0.6) is 5.75 Å². The highest BCUT2D eigenvalue weighted by molar-refractivity contribution is 5.80. The Balaban J connectivity index is 1.62. The topological polar surface area (TPSA) is 67.4 Å². The number of piperidine rings is 1. The lowest BCUT2D eigenvalue weighted by Gasteiger charge is -2.33. The highest BCUT2D eigenvalue weighted by Crippen LogP contribution is 2.24. The molecular formula is C19H19FN2O3. The highest BCUT2D eigenvalue weighted by Gasteiger charge is 2.30. The quantitative estimate of drug-likeness (QED) is 0.876. The number of carbonyl (C=O) groups is 2. The first kappa shape index (κ1) is 17.0. The molecule has 0 bridgehead atoms. The first-order valence-corrected chi connectivity index (χ1v) is 8.14. The molecule has 5 nitrogen and oxygen atoms in total. The first-order chi connectivity index (χ1) is 12.1. The molecule has 0 saturated carbocycles. The molecule has 2 atom stereocenters. The Kier molecular flexibility index (Phi) is 5.28. The van der Waals surface area contributed by atoms with E-state index in [0.717, 1.165) is 5.56 Å². The van der Waals surface area contributed by atoms with E-state index >= 15 is 0 Å². The smallest absolute Gasteiger partial charge is 0.258 e. The SMILES string of the molecule is O=C(COc1ccccc1F)N[C@@H]1CCC(=O)N[C@H]1c1ccccc1. The molecule has 25 heavy (non-hydrogen) atoms. The van der Waals surface area contributed by atoms with Crippen LogP contribution in [-0.4, -0.2) is 24.5 Å². The number of amides is 2. The summed E-state index contributed by atoms with van der Waals surface area (Å²) in [5.41, 5.74) is 0.927. The molecule has 2 N–H and O–H groups in total. The average molecular weight is 342 g/mol. The van der Waals surface area contributed by atoms with Gasteiger partial charge < -0.3 is 15.4 Å². The van der Waals surface area contributed by atoms with Gasteiger partial charge in [-0.2, -0.15) is 0 Å². The zero-order chi connectivity index (χ0) is 17.6. The zero-order valence-corrected chi connectivity index (χ0v) is 13.6. The highest BCUT2D eigenvalue weighted by atomic mass is 19.1. The lowest BCUT2D eigenvalue weighted by Crippen LogP contribution is -2.51. The van der Waals surface area contributed by atoms with Crippen LogP contribution in [0, 0.1) is 5.82 Å². The summed E-state index contributed by atoms with van der Waals surface area (Å²) in [6.45, 7) is -0.285. The van der Waals surface area contributed by atoms with Gasteiger partial charge in [0.2, 0.25) is 5.91 Å². The van der Waals surface area contributed by atoms with E-state index in [1.807, 2.05) is 30.3 Å². The van der Waals surface area contributed by atoms with E-state index < -0.39 is 5.82 Å². The summed E-state index contributed by atoms with van der Waals surface area (Å²) in [4.78, 5) is 23.9. The molecule has 0 aromatic heterocycles. The van der Waals surface area contributed by atoms with E-state index in [9.17, 15) is 14.0 Å². The van der Waals surface area contributed by atoms with Gasteiger partial charge in [0, 0.05) is 6.42 Å². The molecule has 1 fully saturated rings. The molecule has 130 valence electrons. The maximum absolute atomic E-state index is 13.5. The van der Waals surface area contributed by atoms with Gasteiger partial charge in [-0.1, -0.05) is 42.5 Å². The Morgan fingerprint density at radius 2 is 1.88 bits per heavy atom. The van der Waals surface area contributed by atoms with Gasteiger partial charge in [0.25, 0.3) is 5.91 Å². The normalized spacial score (nSPS) is 19.8. The van der Waals surface area contributed by atoms with E-state index in [0.29, 0.717) is 12.8 Å². The van der Waals surface area contributed by atoms with Crippen LogP contribution < -0.4 is 15.4 Å². The van der Waals surface area contributed by atoms with Crippen LogP contribution in [0.2, 0.25) is 0 Å². The standard InChI is InChI=1S/C19H19FN2O3/c20-14-8-4-5-9-16(14)25-12-18(24)21-15-10-11-17(23)22-19(15)13-6-2-1-3-7-13/h1-9,15,19H,10-12H2,(H,21,24)(H,22,23)/t15-,19+/m1/s1. The number of hydrogen-bond donors (Lipinski definition) is 2. The lowest BCUT2D eigenvalue weighted by atomic mass is 9.92. The summed E-state index contributed by atoms with van der Waals surface area (Å²) in [5, 5.41) is 5.79. The van der Waals surface area contributed by atoms with Crippen molar-refractivity contribution < 1.29 is 18.7 Å². The van der Waals surface area contributed by atoms with Gasteiger partial charge in [0.05, 0.1) is 12.1 Å².